The Kier molecular flexibility index (Phi) is 3.88. The summed E-state index contributed by atoms with van der Waals surface area (Å²) in [5.41, 5.74) is 6.13. The van der Waals surface area contributed by atoms with Gasteiger partial charge >= 0.3 is 5.69 Å². The maximum absolute atomic E-state index is 13.4. The summed E-state index contributed by atoms with van der Waals surface area (Å²) in [6.45, 7) is 2.31. The summed E-state index contributed by atoms with van der Waals surface area (Å²) in [5.74, 6) is -0.779. The van der Waals surface area contributed by atoms with Gasteiger partial charge in [0, 0.05) is 25.2 Å². The largest absolute Gasteiger partial charge is 0.327 e. The van der Waals surface area contributed by atoms with Crippen LogP contribution in [0.5, 0.6) is 0 Å². The van der Waals surface area contributed by atoms with Crippen molar-refractivity contribution in [2.45, 2.75) is 25.4 Å². The number of piperidine rings is 1. The van der Waals surface area contributed by atoms with Gasteiger partial charge in [0.15, 0.2) is 0 Å². The van der Waals surface area contributed by atoms with Crippen molar-refractivity contribution in [2.75, 3.05) is 13.1 Å². The van der Waals surface area contributed by atoms with Gasteiger partial charge in [-0.1, -0.05) is 6.07 Å². The standard InChI is InChI=1S/C12H16FN3O2/c13-11-6-9(3-4-12(11)16(17)18)7-15-5-1-2-10(14)8-15/h3-4,6,10H,1-2,5,7-8,14H2. The lowest BCUT2D eigenvalue weighted by atomic mass is 10.1. The normalized spacial score (nSPS) is 20.9. The van der Waals surface area contributed by atoms with Crippen molar-refractivity contribution in [3.8, 4) is 0 Å². The molecule has 0 radical (unpaired) electrons. The van der Waals surface area contributed by atoms with Gasteiger partial charge in [0.25, 0.3) is 0 Å². The van der Waals surface area contributed by atoms with Gasteiger partial charge < -0.3 is 5.73 Å². The van der Waals surface area contributed by atoms with Crippen molar-refractivity contribution in [3.63, 3.8) is 0 Å². The lowest BCUT2D eigenvalue weighted by Crippen LogP contribution is -2.42. The number of halogens is 1. The molecule has 6 heteroatoms. The predicted molar refractivity (Wildman–Crippen MR) is 65.5 cm³/mol. The lowest BCUT2D eigenvalue weighted by molar-refractivity contribution is -0.387. The number of nitrogens with zero attached hydrogens (tertiary/aromatic N) is 2. The van der Waals surface area contributed by atoms with Crippen LogP contribution < -0.4 is 5.73 Å². The predicted octanol–water partition coefficient (Wildman–Crippen LogP) is 1.66. The second-order valence-corrected chi connectivity index (χ2v) is 4.68. The van der Waals surface area contributed by atoms with E-state index >= 15 is 0 Å². The number of nitro groups is 1. The van der Waals surface area contributed by atoms with Crippen LogP contribution in [0, 0.1) is 15.9 Å². The van der Waals surface area contributed by atoms with Crippen molar-refractivity contribution in [2.24, 2.45) is 5.73 Å². The number of hydrogen-bond donors (Lipinski definition) is 1. The average Bonchev–Trinajstić information content (AvgIpc) is 2.28. The van der Waals surface area contributed by atoms with Crippen LogP contribution >= 0.6 is 0 Å². The van der Waals surface area contributed by atoms with E-state index in [0.29, 0.717) is 6.54 Å². The van der Waals surface area contributed by atoms with Crippen LogP contribution in [0.25, 0.3) is 0 Å². The Morgan fingerprint density at radius 1 is 1.56 bits per heavy atom. The first-order chi connectivity index (χ1) is 8.56. The Bertz CT molecular complexity index is 453. The van der Waals surface area contributed by atoms with E-state index in [2.05, 4.69) is 4.90 Å². The first-order valence-corrected chi connectivity index (χ1v) is 5.97. The minimum atomic E-state index is -0.779. The zero-order valence-corrected chi connectivity index (χ0v) is 10.0. The van der Waals surface area contributed by atoms with Crippen LogP contribution in [0.15, 0.2) is 18.2 Å². The maximum atomic E-state index is 13.4. The van der Waals surface area contributed by atoms with E-state index in [1.807, 2.05) is 0 Å². The molecular weight excluding hydrogens is 237 g/mol. The van der Waals surface area contributed by atoms with Crippen LogP contribution in [0.3, 0.4) is 0 Å². The molecule has 1 unspecified atom stereocenters. The summed E-state index contributed by atoms with van der Waals surface area (Å²) in [4.78, 5) is 11.9. The zero-order chi connectivity index (χ0) is 13.1. The molecule has 1 fully saturated rings. The quantitative estimate of drug-likeness (QED) is 0.656. The number of hydrogen-bond acceptors (Lipinski definition) is 4. The summed E-state index contributed by atoms with van der Waals surface area (Å²) in [6.07, 6.45) is 2.06. The van der Waals surface area contributed by atoms with E-state index in [1.54, 1.807) is 6.07 Å². The molecule has 0 bridgehead atoms. The molecule has 5 nitrogen and oxygen atoms in total. The molecule has 1 aliphatic rings. The third kappa shape index (κ3) is 3.02. The Balaban J connectivity index is 2.05. The van der Waals surface area contributed by atoms with E-state index in [9.17, 15) is 14.5 Å². The minimum absolute atomic E-state index is 0.168. The fourth-order valence-electron chi connectivity index (χ4n) is 2.29. The first-order valence-electron chi connectivity index (χ1n) is 5.97. The van der Waals surface area contributed by atoms with E-state index in [4.69, 9.17) is 5.73 Å². The van der Waals surface area contributed by atoms with Crippen molar-refractivity contribution in [3.05, 3.63) is 39.7 Å². The lowest BCUT2D eigenvalue weighted by Gasteiger charge is -2.30. The third-order valence-electron chi connectivity index (χ3n) is 3.16. The molecule has 2 rings (SSSR count). The highest BCUT2D eigenvalue weighted by Gasteiger charge is 2.18. The summed E-state index contributed by atoms with van der Waals surface area (Å²) in [6, 6.07) is 4.22. The summed E-state index contributed by atoms with van der Waals surface area (Å²) in [5, 5.41) is 10.5. The van der Waals surface area contributed by atoms with Crippen LogP contribution in [0.1, 0.15) is 18.4 Å². The number of likely N-dealkylation sites (tertiary alicyclic amines) is 1. The van der Waals surface area contributed by atoms with Crippen molar-refractivity contribution < 1.29 is 9.31 Å². The zero-order valence-electron chi connectivity index (χ0n) is 10.0. The molecule has 0 amide bonds. The van der Waals surface area contributed by atoms with E-state index in [1.165, 1.54) is 12.1 Å². The summed E-state index contributed by atoms with van der Waals surface area (Å²) >= 11 is 0. The van der Waals surface area contributed by atoms with E-state index in [0.717, 1.165) is 31.5 Å². The molecule has 1 heterocycles. The van der Waals surface area contributed by atoms with Crippen LogP contribution in [-0.2, 0) is 6.54 Å². The monoisotopic (exact) mass is 253 g/mol. The van der Waals surface area contributed by atoms with Gasteiger partial charge in [0.05, 0.1) is 4.92 Å². The molecular formula is C12H16FN3O2. The first kappa shape index (κ1) is 12.9. The Labute approximate surface area is 105 Å². The van der Waals surface area contributed by atoms with Gasteiger partial charge in [-0.05, 0) is 31.0 Å². The van der Waals surface area contributed by atoms with E-state index < -0.39 is 16.4 Å². The highest BCUT2D eigenvalue weighted by molar-refractivity contribution is 5.34. The third-order valence-corrected chi connectivity index (χ3v) is 3.16. The van der Waals surface area contributed by atoms with Crippen LogP contribution in [-0.4, -0.2) is 29.0 Å². The molecule has 18 heavy (non-hydrogen) atoms. The van der Waals surface area contributed by atoms with Crippen LogP contribution in [0.4, 0.5) is 10.1 Å². The van der Waals surface area contributed by atoms with Gasteiger partial charge in [0.2, 0.25) is 5.82 Å². The maximum Gasteiger partial charge on any atom is 0.304 e. The minimum Gasteiger partial charge on any atom is -0.327 e. The van der Waals surface area contributed by atoms with Crippen LogP contribution in [0.2, 0.25) is 0 Å². The molecule has 0 spiro atoms. The fourth-order valence-corrected chi connectivity index (χ4v) is 2.29. The number of rotatable bonds is 3. The Hall–Kier alpha value is -1.53. The second-order valence-electron chi connectivity index (χ2n) is 4.68. The highest BCUT2D eigenvalue weighted by Crippen LogP contribution is 2.20. The fraction of sp³-hybridized carbons (Fsp3) is 0.500. The second kappa shape index (κ2) is 5.41. The SMILES string of the molecule is NC1CCCN(Cc2ccc([N+](=O)[O-])c(F)c2)C1. The summed E-state index contributed by atoms with van der Waals surface area (Å²) < 4.78 is 13.4. The molecule has 0 saturated carbocycles. The number of benzene rings is 1. The molecule has 2 N–H and O–H groups in total. The van der Waals surface area contributed by atoms with Gasteiger partial charge in [0.1, 0.15) is 0 Å². The van der Waals surface area contributed by atoms with Gasteiger partial charge in [-0.2, -0.15) is 4.39 Å². The highest BCUT2D eigenvalue weighted by atomic mass is 19.1. The Morgan fingerprint density at radius 2 is 2.33 bits per heavy atom. The van der Waals surface area contributed by atoms with E-state index in [-0.39, 0.29) is 6.04 Å². The van der Waals surface area contributed by atoms with Crippen molar-refractivity contribution in [1.29, 1.82) is 0 Å². The molecule has 0 aromatic heterocycles. The molecule has 1 aliphatic heterocycles. The smallest absolute Gasteiger partial charge is 0.304 e. The molecule has 1 atom stereocenters. The van der Waals surface area contributed by atoms with Gasteiger partial charge in [-0.25, -0.2) is 0 Å². The molecule has 1 aromatic carbocycles. The van der Waals surface area contributed by atoms with Crippen molar-refractivity contribution in [1.82, 2.24) is 4.90 Å². The van der Waals surface area contributed by atoms with Crippen molar-refractivity contribution >= 4 is 5.69 Å². The molecule has 1 aromatic rings. The van der Waals surface area contributed by atoms with Gasteiger partial charge in [-0.3, -0.25) is 15.0 Å². The molecule has 98 valence electrons. The molecule has 1 saturated heterocycles. The summed E-state index contributed by atoms with van der Waals surface area (Å²) in [7, 11) is 0. The topological polar surface area (TPSA) is 72.4 Å². The number of nitro benzene ring substituents is 1. The average molecular weight is 253 g/mol. The Morgan fingerprint density at radius 3 is 2.94 bits per heavy atom. The van der Waals surface area contributed by atoms with Gasteiger partial charge in [-0.15, -0.1) is 0 Å². The molecule has 0 aliphatic carbocycles. The number of nitrogens with two attached hydrogens (primary N) is 1.